The molecule has 1 atom stereocenters. The van der Waals surface area contributed by atoms with Crippen LogP contribution in [0.25, 0.3) is 17.4 Å². The number of ether oxygens (including phenoxy) is 1. The van der Waals surface area contributed by atoms with Crippen LogP contribution in [-0.4, -0.2) is 40.5 Å². The molecule has 1 aliphatic heterocycles. The molecule has 2 aromatic heterocycles. The fraction of sp³-hybridized carbons (Fsp3) is 0.258. The lowest BCUT2D eigenvalue weighted by Crippen LogP contribution is -2.43. The minimum Gasteiger partial charge on any atom is -0.496 e. The molecule has 0 fully saturated rings. The van der Waals surface area contributed by atoms with Gasteiger partial charge in [-0.15, -0.1) is 0 Å². The maximum atomic E-state index is 14.0. The molecule has 42 heavy (non-hydrogen) atoms. The first-order valence-corrected chi connectivity index (χ1v) is 14.3. The van der Waals surface area contributed by atoms with Gasteiger partial charge in [0.15, 0.2) is 4.80 Å². The van der Waals surface area contributed by atoms with Crippen LogP contribution >= 0.6 is 11.3 Å². The standard InChI is InChI=1S/C31H30N4O6S/c1-6-33(7-2)30(37)27-19(4)32-31-34(28(27)22-10-8-9-11-25(22)40-5)29(36)26(42-31)17-21-14-15-24(41-21)20-13-12-18(3)23(16-20)35(38)39/h8-17,28H,6-7H2,1-5H3/b26-17+/t28-/m1/s1. The molecule has 1 aliphatic rings. The van der Waals surface area contributed by atoms with Crippen LogP contribution in [-0.2, 0) is 4.79 Å². The van der Waals surface area contributed by atoms with E-state index in [9.17, 15) is 19.7 Å². The number of thiazole rings is 1. The van der Waals surface area contributed by atoms with E-state index < -0.39 is 11.0 Å². The van der Waals surface area contributed by atoms with E-state index in [-0.39, 0.29) is 17.2 Å². The molecule has 0 saturated heterocycles. The molecule has 3 heterocycles. The summed E-state index contributed by atoms with van der Waals surface area (Å²) in [7, 11) is 1.56. The number of rotatable bonds is 8. The number of hydrogen-bond donors (Lipinski definition) is 0. The summed E-state index contributed by atoms with van der Waals surface area (Å²) in [6, 6.07) is 14.9. The number of nitro groups is 1. The minimum atomic E-state index is -0.743. The maximum absolute atomic E-state index is 14.0. The van der Waals surface area contributed by atoms with E-state index in [0.29, 0.717) is 67.7 Å². The second kappa shape index (κ2) is 11.6. The van der Waals surface area contributed by atoms with Crippen molar-refractivity contribution in [3.05, 3.63) is 113 Å². The second-order valence-electron chi connectivity index (χ2n) is 9.76. The summed E-state index contributed by atoms with van der Waals surface area (Å²) in [6.45, 7) is 8.32. The zero-order valence-corrected chi connectivity index (χ0v) is 24.7. The van der Waals surface area contributed by atoms with Gasteiger partial charge in [0.2, 0.25) is 0 Å². The van der Waals surface area contributed by atoms with Crippen molar-refractivity contribution in [2.24, 2.45) is 4.99 Å². The molecule has 0 radical (unpaired) electrons. The number of para-hydroxylation sites is 1. The van der Waals surface area contributed by atoms with E-state index in [1.165, 1.54) is 17.4 Å². The zero-order valence-electron chi connectivity index (χ0n) is 23.9. The summed E-state index contributed by atoms with van der Waals surface area (Å²) in [5.74, 6) is 1.21. The molecule has 0 spiro atoms. The summed E-state index contributed by atoms with van der Waals surface area (Å²) in [5.41, 5.74) is 2.42. The molecular weight excluding hydrogens is 556 g/mol. The number of furan rings is 1. The molecule has 2 aromatic carbocycles. The average molecular weight is 587 g/mol. The van der Waals surface area contributed by atoms with Gasteiger partial charge in [0, 0.05) is 41.9 Å². The number of aryl methyl sites for hydroxylation is 1. The number of hydrogen-bond acceptors (Lipinski definition) is 8. The first-order valence-electron chi connectivity index (χ1n) is 13.5. The lowest BCUT2D eigenvalue weighted by molar-refractivity contribution is -0.385. The van der Waals surface area contributed by atoms with Crippen molar-refractivity contribution in [2.75, 3.05) is 20.2 Å². The van der Waals surface area contributed by atoms with Crippen molar-refractivity contribution < 1.29 is 18.9 Å². The number of amides is 1. The highest BCUT2D eigenvalue weighted by atomic mass is 32.1. The number of nitro benzene ring substituents is 1. The van der Waals surface area contributed by atoms with Gasteiger partial charge in [-0.25, -0.2) is 4.99 Å². The van der Waals surface area contributed by atoms with Crippen LogP contribution in [0.5, 0.6) is 5.75 Å². The molecule has 0 saturated carbocycles. The molecule has 0 unspecified atom stereocenters. The summed E-state index contributed by atoms with van der Waals surface area (Å²) in [4.78, 5) is 45.6. The molecule has 5 rings (SSSR count). The van der Waals surface area contributed by atoms with Gasteiger partial charge in [-0.05, 0) is 45.9 Å². The van der Waals surface area contributed by atoms with Gasteiger partial charge in [0.25, 0.3) is 17.2 Å². The molecule has 10 nitrogen and oxygen atoms in total. The minimum absolute atomic E-state index is 0.000493. The molecule has 0 aliphatic carbocycles. The Hall–Kier alpha value is -4.77. The number of carbonyl (C=O) groups is 1. The molecule has 0 bridgehead atoms. The Morgan fingerprint density at radius 2 is 1.90 bits per heavy atom. The summed E-state index contributed by atoms with van der Waals surface area (Å²) >= 11 is 1.20. The Labute approximate surface area is 245 Å². The van der Waals surface area contributed by atoms with Crippen LogP contribution in [0.1, 0.15) is 43.7 Å². The van der Waals surface area contributed by atoms with E-state index >= 15 is 0 Å². The smallest absolute Gasteiger partial charge is 0.273 e. The van der Waals surface area contributed by atoms with Gasteiger partial charge in [-0.2, -0.15) is 0 Å². The summed E-state index contributed by atoms with van der Waals surface area (Å²) in [6.07, 6.45) is 1.63. The number of nitrogens with zero attached hydrogens (tertiary/aromatic N) is 4. The molecule has 4 aromatic rings. The molecular formula is C31H30N4O6S. The van der Waals surface area contributed by atoms with Crippen molar-refractivity contribution in [1.82, 2.24) is 9.47 Å². The topological polar surface area (TPSA) is 120 Å². The SMILES string of the molecule is CCN(CC)C(=O)C1=C(C)N=c2s/c(=C/c3ccc(-c4ccc(C)c([N+](=O)[O-])c4)o3)c(=O)n2[C@@H]1c1ccccc1OC. The number of carbonyl (C=O) groups excluding carboxylic acids is 1. The third-order valence-corrected chi connectivity index (χ3v) is 8.31. The van der Waals surface area contributed by atoms with Crippen LogP contribution in [0.3, 0.4) is 0 Å². The fourth-order valence-corrected chi connectivity index (χ4v) is 6.16. The zero-order chi connectivity index (χ0) is 30.1. The van der Waals surface area contributed by atoms with Crippen molar-refractivity contribution >= 4 is 29.0 Å². The van der Waals surface area contributed by atoms with Crippen molar-refractivity contribution in [3.63, 3.8) is 0 Å². The number of allylic oxidation sites excluding steroid dienone is 1. The van der Waals surface area contributed by atoms with Crippen molar-refractivity contribution in [3.8, 4) is 17.1 Å². The number of aromatic nitrogens is 1. The van der Waals surface area contributed by atoms with Crippen LogP contribution in [0.4, 0.5) is 5.69 Å². The highest BCUT2D eigenvalue weighted by molar-refractivity contribution is 7.07. The molecule has 1 amide bonds. The number of benzene rings is 2. The Morgan fingerprint density at radius 1 is 1.17 bits per heavy atom. The predicted octanol–water partition coefficient (Wildman–Crippen LogP) is 4.59. The van der Waals surface area contributed by atoms with E-state index in [2.05, 4.69) is 0 Å². The molecule has 216 valence electrons. The Bertz CT molecular complexity index is 1910. The normalized spacial score (nSPS) is 14.9. The Morgan fingerprint density at radius 3 is 2.60 bits per heavy atom. The fourth-order valence-electron chi connectivity index (χ4n) is 5.14. The van der Waals surface area contributed by atoms with E-state index in [4.69, 9.17) is 14.1 Å². The third kappa shape index (κ3) is 5.07. The van der Waals surface area contributed by atoms with Gasteiger partial charge >= 0.3 is 0 Å². The second-order valence-corrected chi connectivity index (χ2v) is 10.8. The van der Waals surface area contributed by atoms with Crippen LogP contribution < -0.4 is 19.6 Å². The highest BCUT2D eigenvalue weighted by Gasteiger charge is 2.35. The molecule has 11 heteroatoms. The van der Waals surface area contributed by atoms with Gasteiger partial charge < -0.3 is 14.1 Å². The third-order valence-electron chi connectivity index (χ3n) is 7.33. The monoisotopic (exact) mass is 586 g/mol. The largest absolute Gasteiger partial charge is 0.496 e. The van der Waals surface area contributed by atoms with Gasteiger partial charge in [-0.1, -0.05) is 41.7 Å². The number of methoxy groups -OCH3 is 1. The van der Waals surface area contributed by atoms with Crippen LogP contribution in [0.15, 0.2) is 80.1 Å². The average Bonchev–Trinajstić information content (AvgIpc) is 3.57. The highest BCUT2D eigenvalue weighted by Crippen LogP contribution is 2.36. The Balaban J connectivity index is 1.65. The lowest BCUT2D eigenvalue weighted by atomic mass is 9.94. The van der Waals surface area contributed by atoms with Gasteiger partial charge in [-0.3, -0.25) is 24.3 Å². The van der Waals surface area contributed by atoms with E-state index in [1.807, 2.05) is 32.0 Å². The van der Waals surface area contributed by atoms with E-state index in [1.54, 1.807) is 66.8 Å². The van der Waals surface area contributed by atoms with Gasteiger partial charge in [0.05, 0.1) is 27.8 Å². The van der Waals surface area contributed by atoms with E-state index in [0.717, 1.165) is 0 Å². The maximum Gasteiger partial charge on any atom is 0.273 e. The van der Waals surface area contributed by atoms with Crippen molar-refractivity contribution in [2.45, 2.75) is 33.7 Å². The van der Waals surface area contributed by atoms with Crippen molar-refractivity contribution in [1.29, 1.82) is 0 Å². The predicted molar refractivity (Wildman–Crippen MR) is 160 cm³/mol. The molecule has 0 N–H and O–H groups in total. The first-order chi connectivity index (χ1) is 20.2. The first kappa shape index (κ1) is 28.7. The van der Waals surface area contributed by atoms with Crippen LogP contribution in [0, 0.1) is 17.0 Å². The lowest BCUT2D eigenvalue weighted by Gasteiger charge is -2.29. The van der Waals surface area contributed by atoms with Gasteiger partial charge in [0.1, 0.15) is 23.3 Å². The van der Waals surface area contributed by atoms with Crippen LogP contribution in [0.2, 0.25) is 0 Å². The summed E-state index contributed by atoms with van der Waals surface area (Å²) in [5, 5.41) is 11.4. The quantitative estimate of drug-likeness (QED) is 0.220. The summed E-state index contributed by atoms with van der Waals surface area (Å²) < 4.78 is 13.6. The Kier molecular flexibility index (Phi) is 7.95. The number of likely N-dealkylation sites (N-methyl/N-ethyl adjacent to an activating group) is 1. The number of fused-ring (bicyclic) bond motifs is 1.